The predicted molar refractivity (Wildman–Crippen MR) is 76.5 cm³/mol. The molecule has 0 radical (unpaired) electrons. The van der Waals surface area contributed by atoms with Crippen LogP contribution in [0.2, 0.25) is 5.02 Å². The van der Waals surface area contributed by atoms with E-state index in [-0.39, 0.29) is 17.1 Å². The van der Waals surface area contributed by atoms with Gasteiger partial charge in [-0.15, -0.1) is 0 Å². The lowest BCUT2D eigenvalue weighted by Gasteiger charge is -2.08. The lowest BCUT2D eigenvalue weighted by molar-refractivity contribution is 0.622. The van der Waals surface area contributed by atoms with Crippen LogP contribution in [-0.2, 0) is 6.54 Å². The van der Waals surface area contributed by atoms with E-state index in [0.717, 1.165) is 0 Å². The summed E-state index contributed by atoms with van der Waals surface area (Å²) >= 11 is 7.80. The molecule has 1 heterocycles. The van der Waals surface area contributed by atoms with Crippen LogP contribution in [0.5, 0.6) is 0 Å². The molecular formula is C12H9ClFIN2O. The van der Waals surface area contributed by atoms with Gasteiger partial charge in [-0.25, -0.2) is 9.37 Å². The maximum atomic E-state index is 13.3. The van der Waals surface area contributed by atoms with E-state index >= 15 is 0 Å². The highest BCUT2D eigenvalue weighted by Gasteiger charge is 2.09. The van der Waals surface area contributed by atoms with Crippen LogP contribution in [0.25, 0.3) is 0 Å². The van der Waals surface area contributed by atoms with Crippen molar-refractivity contribution in [3.63, 3.8) is 0 Å². The van der Waals surface area contributed by atoms with Crippen molar-refractivity contribution >= 4 is 34.2 Å². The van der Waals surface area contributed by atoms with Crippen molar-refractivity contribution in [1.82, 2.24) is 9.55 Å². The molecular weight excluding hydrogens is 369 g/mol. The third kappa shape index (κ3) is 2.56. The maximum absolute atomic E-state index is 13.3. The number of halogens is 3. The molecule has 1 aromatic carbocycles. The lowest BCUT2D eigenvalue weighted by Crippen LogP contribution is -2.24. The summed E-state index contributed by atoms with van der Waals surface area (Å²) in [7, 11) is 0. The zero-order valence-electron chi connectivity index (χ0n) is 9.45. The number of aryl methyl sites for hydroxylation is 1. The van der Waals surface area contributed by atoms with Gasteiger partial charge in [-0.2, -0.15) is 0 Å². The van der Waals surface area contributed by atoms with Crippen molar-refractivity contribution in [2.24, 2.45) is 0 Å². The van der Waals surface area contributed by atoms with Crippen molar-refractivity contribution in [2.75, 3.05) is 0 Å². The molecule has 2 rings (SSSR count). The van der Waals surface area contributed by atoms with Gasteiger partial charge in [-0.3, -0.25) is 9.36 Å². The third-order valence-corrected chi connectivity index (χ3v) is 4.19. The first-order valence-corrected chi connectivity index (χ1v) is 6.61. The zero-order valence-corrected chi connectivity index (χ0v) is 12.4. The highest BCUT2D eigenvalue weighted by atomic mass is 127. The number of hydrogen-bond donors (Lipinski definition) is 0. The van der Waals surface area contributed by atoms with Gasteiger partial charge in [-0.05, 0) is 41.1 Å². The SMILES string of the molecule is Cc1ncn(Cc2cccc(F)c2Cl)c(=O)c1I. The zero-order chi connectivity index (χ0) is 13.3. The number of rotatable bonds is 2. The molecule has 0 amide bonds. The van der Waals surface area contributed by atoms with E-state index in [1.807, 2.05) is 22.6 Å². The number of benzene rings is 1. The number of hydrogen-bond acceptors (Lipinski definition) is 2. The van der Waals surface area contributed by atoms with Gasteiger partial charge in [0.1, 0.15) is 5.82 Å². The first-order valence-electron chi connectivity index (χ1n) is 5.15. The van der Waals surface area contributed by atoms with Crippen LogP contribution in [0.4, 0.5) is 4.39 Å². The molecule has 0 spiro atoms. The molecule has 94 valence electrons. The average Bonchev–Trinajstić information content (AvgIpc) is 2.35. The molecule has 0 fully saturated rings. The highest BCUT2D eigenvalue weighted by Crippen LogP contribution is 2.20. The van der Waals surface area contributed by atoms with Gasteiger partial charge in [0.15, 0.2) is 0 Å². The Labute approximate surface area is 122 Å². The Morgan fingerprint density at radius 1 is 1.50 bits per heavy atom. The topological polar surface area (TPSA) is 34.9 Å². The fraction of sp³-hybridized carbons (Fsp3) is 0.167. The molecule has 1 aromatic heterocycles. The van der Waals surface area contributed by atoms with Gasteiger partial charge < -0.3 is 0 Å². The van der Waals surface area contributed by atoms with E-state index in [1.165, 1.54) is 17.0 Å². The molecule has 0 aliphatic carbocycles. The van der Waals surface area contributed by atoms with Crippen LogP contribution < -0.4 is 5.56 Å². The Bertz CT molecular complexity index is 657. The van der Waals surface area contributed by atoms with Gasteiger partial charge in [-0.1, -0.05) is 23.7 Å². The van der Waals surface area contributed by atoms with E-state index in [4.69, 9.17) is 11.6 Å². The Kier molecular flexibility index (Phi) is 4.01. The normalized spacial score (nSPS) is 10.7. The van der Waals surface area contributed by atoms with Crippen LogP contribution in [0.1, 0.15) is 11.3 Å². The van der Waals surface area contributed by atoms with E-state index in [9.17, 15) is 9.18 Å². The standard InChI is InChI=1S/C12H9ClFIN2O/c1-7-11(15)12(18)17(6-16-7)5-8-3-2-4-9(14)10(8)13/h2-4,6H,5H2,1H3. The largest absolute Gasteiger partial charge is 0.294 e. The van der Waals surface area contributed by atoms with Crippen LogP contribution in [0, 0.1) is 16.3 Å². The van der Waals surface area contributed by atoms with Crippen LogP contribution in [0.3, 0.4) is 0 Å². The van der Waals surface area contributed by atoms with Gasteiger partial charge in [0.25, 0.3) is 5.56 Å². The summed E-state index contributed by atoms with van der Waals surface area (Å²) in [5.74, 6) is -0.489. The lowest BCUT2D eigenvalue weighted by atomic mass is 10.2. The molecule has 2 aromatic rings. The average molecular weight is 379 g/mol. The minimum atomic E-state index is -0.489. The summed E-state index contributed by atoms with van der Waals surface area (Å²) in [5, 5.41) is 0.0417. The van der Waals surface area contributed by atoms with Crippen molar-refractivity contribution in [2.45, 2.75) is 13.5 Å². The summed E-state index contributed by atoms with van der Waals surface area (Å²) in [6, 6.07) is 4.53. The summed E-state index contributed by atoms with van der Waals surface area (Å²) in [4.78, 5) is 16.1. The first kappa shape index (κ1) is 13.5. The summed E-state index contributed by atoms with van der Waals surface area (Å²) in [5.41, 5.74) is 1.09. The quantitative estimate of drug-likeness (QED) is 0.753. The van der Waals surface area contributed by atoms with E-state index < -0.39 is 5.82 Å². The Balaban J connectivity index is 2.44. The van der Waals surface area contributed by atoms with Crippen molar-refractivity contribution in [3.8, 4) is 0 Å². The number of nitrogens with zero attached hydrogens (tertiary/aromatic N) is 2. The van der Waals surface area contributed by atoms with Gasteiger partial charge in [0.2, 0.25) is 0 Å². The molecule has 3 nitrogen and oxygen atoms in total. The molecule has 0 saturated carbocycles. The van der Waals surface area contributed by atoms with E-state index in [0.29, 0.717) is 14.8 Å². The molecule has 0 N–H and O–H groups in total. The fourth-order valence-electron chi connectivity index (χ4n) is 1.51. The fourth-order valence-corrected chi connectivity index (χ4v) is 2.15. The molecule has 18 heavy (non-hydrogen) atoms. The Morgan fingerprint density at radius 3 is 2.94 bits per heavy atom. The molecule has 0 aliphatic rings. The molecule has 0 atom stereocenters. The monoisotopic (exact) mass is 378 g/mol. The van der Waals surface area contributed by atoms with Crippen LogP contribution in [0.15, 0.2) is 29.3 Å². The highest BCUT2D eigenvalue weighted by molar-refractivity contribution is 14.1. The van der Waals surface area contributed by atoms with Gasteiger partial charge in [0.05, 0.1) is 27.2 Å². The predicted octanol–water partition coefficient (Wildman–Crippen LogP) is 3.00. The summed E-state index contributed by atoms with van der Waals surface area (Å²) in [6.07, 6.45) is 1.45. The number of aromatic nitrogens is 2. The van der Waals surface area contributed by atoms with Crippen LogP contribution >= 0.6 is 34.2 Å². The van der Waals surface area contributed by atoms with Gasteiger partial charge >= 0.3 is 0 Å². The maximum Gasteiger partial charge on any atom is 0.267 e. The molecule has 0 unspecified atom stereocenters. The van der Waals surface area contributed by atoms with Gasteiger partial charge in [0, 0.05) is 0 Å². The minimum absolute atomic E-state index is 0.0417. The minimum Gasteiger partial charge on any atom is -0.294 e. The molecule has 0 saturated heterocycles. The Hall–Kier alpha value is -0.950. The smallest absolute Gasteiger partial charge is 0.267 e. The first-order chi connectivity index (χ1) is 8.50. The third-order valence-electron chi connectivity index (χ3n) is 2.53. The molecule has 0 aliphatic heterocycles. The second kappa shape index (κ2) is 5.36. The van der Waals surface area contributed by atoms with Crippen LogP contribution in [-0.4, -0.2) is 9.55 Å². The second-order valence-electron chi connectivity index (χ2n) is 3.79. The van der Waals surface area contributed by atoms with E-state index in [1.54, 1.807) is 19.1 Å². The van der Waals surface area contributed by atoms with E-state index in [2.05, 4.69) is 4.98 Å². The Morgan fingerprint density at radius 2 is 2.22 bits per heavy atom. The summed E-state index contributed by atoms with van der Waals surface area (Å²) < 4.78 is 15.3. The van der Waals surface area contributed by atoms with Crippen molar-refractivity contribution in [1.29, 1.82) is 0 Å². The second-order valence-corrected chi connectivity index (χ2v) is 5.25. The summed E-state index contributed by atoms with van der Waals surface area (Å²) in [6.45, 7) is 1.97. The molecule has 0 bridgehead atoms. The van der Waals surface area contributed by atoms with Crippen molar-refractivity contribution in [3.05, 3.63) is 60.5 Å². The van der Waals surface area contributed by atoms with Crippen molar-refractivity contribution < 1.29 is 4.39 Å². The molecule has 6 heteroatoms.